The van der Waals surface area contributed by atoms with Crippen LogP contribution >= 0.6 is 11.6 Å². The van der Waals surface area contributed by atoms with E-state index < -0.39 is 11.3 Å². The molecule has 1 aliphatic heterocycles. The topological polar surface area (TPSA) is 52.6 Å². The molecule has 0 aliphatic carbocycles. The van der Waals surface area contributed by atoms with Crippen molar-refractivity contribution >= 4 is 29.4 Å². The number of hydrogen-bond donors (Lipinski definition) is 0. The van der Waals surface area contributed by atoms with Crippen molar-refractivity contribution in [2.24, 2.45) is 0 Å². The molecule has 34 heavy (non-hydrogen) atoms. The third kappa shape index (κ3) is 4.49. The van der Waals surface area contributed by atoms with E-state index in [-0.39, 0.29) is 17.3 Å². The van der Waals surface area contributed by atoms with Crippen LogP contribution in [0.1, 0.15) is 26.9 Å². The molecule has 1 unspecified atom stereocenters. The van der Waals surface area contributed by atoms with Gasteiger partial charge >= 0.3 is 5.97 Å². The van der Waals surface area contributed by atoms with Gasteiger partial charge in [-0.25, -0.2) is 4.79 Å². The number of fused-ring (bicyclic) bond motifs is 1. The Morgan fingerprint density at radius 2 is 1.47 bits per heavy atom. The highest BCUT2D eigenvalue weighted by atomic mass is 35.5. The van der Waals surface area contributed by atoms with E-state index in [2.05, 4.69) is 0 Å². The number of ether oxygens (including phenoxy) is 2. The lowest BCUT2D eigenvalue weighted by molar-refractivity contribution is -0.134. The highest BCUT2D eigenvalue weighted by Crippen LogP contribution is 2.35. The predicted molar refractivity (Wildman–Crippen MR) is 132 cm³/mol. The molecule has 0 saturated heterocycles. The lowest BCUT2D eigenvalue weighted by Crippen LogP contribution is -2.14. The summed E-state index contributed by atoms with van der Waals surface area (Å²) >= 11 is 6.24. The maximum absolute atomic E-state index is 12.8. The summed E-state index contributed by atoms with van der Waals surface area (Å²) in [5.41, 5.74) is 4.11. The van der Waals surface area contributed by atoms with E-state index in [4.69, 9.17) is 21.1 Å². The molecule has 0 N–H and O–H groups in total. The molecular formula is C29H19ClO4. The van der Waals surface area contributed by atoms with Gasteiger partial charge < -0.3 is 9.47 Å². The predicted octanol–water partition coefficient (Wildman–Crippen LogP) is 6.86. The summed E-state index contributed by atoms with van der Waals surface area (Å²) in [6.07, 6.45) is 1.70. The lowest BCUT2D eigenvalue weighted by Gasteiger charge is -2.10. The molecule has 1 heterocycles. The minimum absolute atomic E-state index is 0.213. The molecule has 166 valence electrons. The fourth-order valence-corrected chi connectivity index (χ4v) is 3.90. The second kappa shape index (κ2) is 9.38. The van der Waals surface area contributed by atoms with Crippen molar-refractivity contribution in [2.75, 3.05) is 0 Å². The second-order valence-corrected chi connectivity index (χ2v) is 8.22. The van der Waals surface area contributed by atoms with Crippen LogP contribution in [0, 0.1) is 0 Å². The minimum atomic E-state index is -0.939. The molecule has 5 rings (SSSR count). The van der Waals surface area contributed by atoms with Crippen molar-refractivity contribution in [2.45, 2.75) is 5.38 Å². The standard InChI is InChI=1S/C29H19ClO4/c30-27(22-9-5-2-6-10-22)29(32)33-23-15-16-24-25(18-23)34-26(28(24)31)17-19-11-13-21(14-12-19)20-7-3-1-4-8-20/h1-18,27H/b26-17-. The Kier molecular flexibility index (Phi) is 5.98. The normalized spacial score (nSPS) is 14.4. The Labute approximate surface area is 202 Å². The first-order chi connectivity index (χ1) is 16.6. The van der Waals surface area contributed by atoms with Crippen LogP contribution in [0.3, 0.4) is 0 Å². The Morgan fingerprint density at radius 1 is 0.824 bits per heavy atom. The van der Waals surface area contributed by atoms with E-state index in [0.717, 1.165) is 16.7 Å². The van der Waals surface area contributed by atoms with Gasteiger partial charge in [-0.2, -0.15) is 0 Å². The van der Waals surface area contributed by atoms with Crippen molar-refractivity contribution in [1.29, 1.82) is 0 Å². The molecule has 0 saturated carbocycles. The quantitative estimate of drug-likeness (QED) is 0.139. The molecule has 1 aliphatic rings. The molecule has 4 aromatic carbocycles. The highest BCUT2D eigenvalue weighted by molar-refractivity contribution is 6.30. The largest absolute Gasteiger partial charge is 0.452 e. The number of carbonyl (C=O) groups excluding carboxylic acids is 2. The molecule has 0 aromatic heterocycles. The third-order valence-electron chi connectivity index (χ3n) is 5.47. The molecular weight excluding hydrogens is 448 g/mol. The number of esters is 1. The van der Waals surface area contributed by atoms with Crippen molar-refractivity contribution in [3.63, 3.8) is 0 Å². The van der Waals surface area contributed by atoms with E-state index >= 15 is 0 Å². The highest BCUT2D eigenvalue weighted by Gasteiger charge is 2.28. The first-order valence-corrected chi connectivity index (χ1v) is 11.2. The van der Waals surface area contributed by atoms with Crippen LogP contribution in [-0.4, -0.2) is 11.8 Å². The molecule has 0 radical (unpaired) electrons. The van der Waals surface area contributed by atoms with Crippen LogP contribution in [0.15, 0.2) is 109 Å². The summed E-state index contributed by atoms with van der Waals surface area (Å²) in [6, 6.07) is 31.6. The lowest BCUT2D eigenvalue weighted by atomic mass is 10.0. The van der Waals surface area contributed by atoms with Gasteiger partial charge in [0.2, 0.25) is 5.78 Å². The number of carbonyl (C=O) groups is 2. The molecule has 5 heteroatoms. The van der Waals surface area contributed by atoms with E-state index in [0.29, 0.717) is 16.9 Å². The van der Waals surface area contributed by atoms with Crippen molar-refractivity contribution in [3.8, 4) is 22.6 Å². The monoisotopic (exact) mass is 466 g/mol. The average Bonchev–Trinajstić information content (AvgIpc) is 3.19. The van der Waals surface area contributed by atoms with Crippen molar-refractivity contribution in [3.05, 3.63) is 126 Å². The van der Waals surface area contributed by atoms with Gasteiger partial charge in [0.1, 0.15) is 11.5 Å². The maximum atomic E-state index is 12.8. The van der Waals surface area contributed by atoms with Crippen LogP contribution in [0.4, 0.5) is 0 Å². The average molecular weight is 467 g/mol. The molecule has 0 bridgehead atoms. The van der Waals surface area contributed by atoms with Crippen LogP contribution in [0.2, 0.25) is 0 Å². The van der Waals surface area contributed by atoms with E-state index in [1.165, 1.54) is 6.07 Å². The van der Waals surface area contributed by atoms with Gasteiger partial charge in [0.15, 0.2) is 11.1 Å². The zero-order valence-corrected chi connectivity index (χ0v) is 18.7. The molecule has 0 spiro atoms. The number of alkyl halides is 1. The van der Waals surface area contributed by atoms with Gasteiger partial charge in [-0.1, -0.05) is 84.9 Å². The van der Waals surface area contributed by atoms with Crippen molar-refractivity contribution in [1.82, 2.24) is 0 Å². The molecule has 0 amide bonds. The Balaban J connectivity index is 1.31. The van der Waals surface area contributed by atoms with E-state index in [1.54, 1.807) is 42.5 Å². The third-order valence-corrected chi connectivity index (χ3v) is 5.90. The van der Waals surface area contributed by atoms with Gasteiger partial charge in [0, 0.05) is 6.07 Å². The smallest absolute Gasteiger partial charge is 0.334 e. The fraction of sp³-hybridized carbons (Fsp3) is 0.0345. The zero-order chi connectivity index (χ0) is 23.5. The summed E-state index contributed by atoms with van der Waals surface area (Å²) in [6.45, 7) is 0. The van der Waals surface area contributed by atoms with Gasteiger partial charge in [-0.05, 0) is 40.5 Å². The number of benzene rings is 4. The zero-order valence-electron chi connectivity index (χ0n) is 18.0. The van der Waals surface area contributed by atoms with E-state index in [9.17, 15) is 9.59 Å². The Hall–Kier alpha value is -4.15. The molecule has 4 aromatic rings. The summed E-state index contributed by atoms with van der Waals surface area (Å²) in [4.78, 5) is 25.2. The minimum Gasteiger partial charge on any atom is -0.452 e. The number of hydrogen-bond acceptors (Lipinski definition) is 4. The number of allylic oxidation sites excluding steroid dienone is 1. The summed E-state index contributed by atoms with van der Waals surface area (Å²) in [7, 11) is 0. The van der Waals surface area contributed by atoms with Crippen molar-refractivity contribution < 1.29 is 19.1 Å². The summed E-state index contributed by atoms with van der Waals surface area (Å²) < 4.78 is 11.2. The van der Waals surface area contributed by atoms with Crippen LogP contribution in [0.25, 0.3) is 17.2 Å². The number of halogens is 1. The SMILES string of the molecule is O=C1/C(=C/c2ccc(-c3ccccc3)cc2)Oc2cc(OC(=O)C(Cl)c3ccccc3)ccc21. The maximum Gasteiger partial charge on any atom is 0.334 e. The number of Topliss-reactive ketones (excluding diaryl/α,β-unsaturated/α-hetero) is 1. The van der Waals surface area contributed by atoms with Gasteiger partial charge in [0.25, 0.3) is 0 Å². The number of ketones is 1. The summed E-state index contributed by atoms with van der Waals surface area (Å²) in [5, 5.41) is -0.939. The first kappa shape index (κ1) is 21.7. The van der Waals surface area contributed by atoms with Crippen LogP contribution in [0.5, 0.6) is 11.5 Å². The van der Waals surface area contributed by atoms with Gasteiger partial charge in [-0.15, -0.1) is 11.6 Å². The molecule has 1 atom stereocenters. The second-order valence-electron chi connectivity index (χ2n) is 7.78. The van der Waals surface area contributed by atoms with Crippen LogP contribution in [-0.2, 0) is 4.79 Å². The van der Waals surface area contributed by atoms with Gasteiger partial charge in [0.05, 0.1) is 5.56 Å². The van der Waals surface area contributed by atoms with E-state index in [1.807, 2.05) is 60.7 Å². The van der Waals surface area contributed by atoms with Gasteiger partial charge in [-0.3, -0.25) is 4.79 Å². The molecule has 4 nitrogen and oxygen atoms in total. The summed E-state index contributed by atoms with van der Waals surface area (Å²) in [5.74, 6) is -0.0174. The van der Waals surface area contributed by atoms with Crippen LogP contribution < -0.4 is 9.47 Å². The number of rotatable bonds is 5. The molecule has 0 fully saturated rings. The fourth-order valence-electron chi connectivity index (χ4n) is 3.71. The Bertz CT molecular complexity index is 1380. The Morgan fingerprint density at radius 3 is 2.18 bits per heavy atom. The first-order valence-electron chi connectivity index (χ1n) is 10.7.